The predicted octanol–water partition coefficient (Wildman–Crippen LogP) is 2.94. The molecular weight excluding hydrogens is 188 g/mol. The van der Waals surface area contributed by atoms with Crippen molar-refractivity contribution in [1.29, 1.82) is 0 Å². The minimum atomic E-state index is -0.719. The van der Waals surface area contributed by atoms with E-state index in [2.05, 4.69) is 6.92 Å². The number of rotatable bonds is 3. The predicted molar refractivity (Wildman–Crippen MR) is 50.6 cm³/mol. The van der Waals surface area contributed by atoms with E-state index < -0.39 is 5.60 Å². The number of aliphatic hydroxyl groups is 1. The van der Waals surface area contributed by atoms with E-state index in [0.29, 0.717) is 16.9 Å². The Morgan fingerprint density at radius 1 is 1.69 bits per heavy atom. The Hall–Kier alpha value is -0.470. The van der Waals surface area contributed by atoms with Crippen molar-refractivity contribution in [2.45, 2.75) is 31.8 Å². The van der Waals surface area contributed by atoms with E-state index in [9.17, 15) is 5.11 Å². The molecule has 0 aliphatic heterocycles. The molecule has 0 saturated heterocycles. The molecular formula is C10H13ClO2. The van der Waals surface area contributed by atoms with Gasteiger partial charge in [-0.25, -0.2) is 0 Å². The maximum atomic E-state index is 10.1. The Bertz CT molecular complexity index is 308. The molecule has 1 aromatic heterocycles. The molecule has 3 heteroatoms. The van der Waals surface area contributed by atoms with Gasteiger partial charge in [0.2, 0.25) is 0 Å². The Morgan fingerprint density at radius 3 is 3.00 bits per heavy atom. The zero-order valence-corrected chi connectivity index (χ0v) is 8.34. The van der Waals surface area contributed by atoms with E-state index in [4.69, 9.17) is 16.0 Å². The molecule has 13 heavy (non-hydrogen) atoms. The average molecular weight is 201 g/mol. The van der Waals surface area contributed by atoms with Crippen LogP contribution in [-0.4, -0.2) is 5.11 Å². The van der Waals surface area contributed by atoms with Gasteiger partial charge in [-0.2, -0.15) is 0 Å². The quantitative estimate of drug-likeness (QED) is 0.814. The van der Waals surface area contributed by atoms with Crippen molar-refractivity contribution in [2.75, 3.05) is 0 Å². The van der Waals surface area contributed by atoms with Gasteiger partial charge in [0.05, 0.1) is 0 Å². The summed E-state index contributed by atoms with van der Waals surface area (Å²) < 4.78 is 5.20. The molecule has 2 unspecified atom stereocenters. The lowest BCUT2D eigenvalue weighted by Crippen LogP contribution is -2.06. The van der Waals surface area contributed by atoms with Crippen LogP contribution in [0.3, 0.4) is 0 Å². The lowest BCUT2D eigenvalue weighted by atomic mass is 10.1. The Balaban J connectivity index is 2.11. The van der Waals surface area contributed by atoms with E-state index in [0.717, 1.165) is 19.3 Å². The fraction of sp³-hybridized carbons (Fsp3) is 0.600. The van der Waals surface area contributed by atoms with Crippen LogP contribution in [0.25, 0.3) is 0 Å². The van der Waals surface area contributed by atoms with E-state index in [-0.39, 0.29) is 0 Å². The van der Waals surface area contributed by atoms with Gasteiger partial charge in [-0.3, -0.25) is 0 Å². The van der Waals surface area contributed by atoms with Gasteiger partial charge in [-0.15, -0.1) is 0 Å². The molecule has 72 valence electrons. The van der Waals surface area contributed by atoms with Gasteiger partial charge in [0.25, 0.3) is 0 Å². The van der Waals surface area contributed by atoms with Gasteiger partial charge in [-0.1, -0.05) is 13.3 Å². The third kappa shape index (κ3) is 1.49. The van der Waals surface area contributed by atoms with Crippen LogP contribution in [0.15, 0.2) is 16.5 Å². The van der Waals surface area contributed by atoms with Crippen molar-refractivity contribution in [3.63, 3.8) is 0 Å². The minimum Gasteiger partial charge on any atom is -0.447 e. The van der Waals surface area contributed by atoms with Crippen molar-refractivity contribution < 1.29 is 9.52 Å². The van der Waals surface area contributed by atoms with E-state index >= 15 is 0 Å². The molecule has 2 nitrogen and oxygen atoms in total. The largest absolute Gasteiger partial charge is 0.447 e. The third-order valence-electron chi connectivity index (χ3n) is 2.71. The number of halogens is 1. The van der Waals surface area contributed by atoms with Gasteiger partial charge < -0.3 is 9.52 Å². The lowest BCUT2D eigenvalue weighted by Gasteiger charge is -2.05. The van der Waals surface area contributed by atoms with E-state index in [1.54, 1.807) is 12.1 Å². The molecule has 2 rings (SSSR count). The Labute approximate surface area is 82.5 Å². The normalized spacial score (nSPS) is 32.1. The molecule has 0 spiro atoms. The second-order valence-electron chi connectivity index (χ2n) is 3.72. The molecule has 1 fully saturated rings. The minimum absolute atomic E-state index is 0.352. The molecule has 0 amide bonds. The molecule has 1 aliphatic carbocycles. The SMILES string of the molecule is CCCC1CC1(O)c1ccc(Cl)o1. The third-order valence-corrected chi connectivity index (χ3v) is 2.91. The van der Waals surface area contributed by atoms with Crippen LogP contribution in [0.5, 0.6) is 0 Å². The van der Waals surface area contributed by atoms with Crippen LogP contribution >= 0.6 is 11.6 Å². The topological polar surface area (TPSA) is 33.4 Å². The first kappa shape index (κ1) is 9.10. The fourth-order valence-corrected chi connectivity index (χ4v) is 2.00. The zero-order valence-electron chi connectivity index (χ0n) is 7.59. The summed E-state index contributed by atoms with van der Waals surface area (Å²) in [6.07, 6.45) is 2.96. The van der Waals surface area contributed by atoms with E-state index in [1.165, 1.54) is 0 Å². The standard InChI is InChI=1S/C10H13ClO2/c1-2-3-7-6-10(7,12)8-4-5-9(11)13-8/h4-5,7,12H,2-3,6H2,1H3. The fourth-order valence-electron chi connectivity index (χ4n) is 1.85. The van der Waals surface area contributed by atoms with Crippen molar-refractivity contribution in [3.05, 3.63) is 23.1 Å². The Kier molecular flexibility index (Phi) is 2.12. The highest BCUT2D eigenvalue weighted by Gasteiger charge is 2.55. The molecule has 2 atom stereocenters. The number of furan rings is 1. The van der Waals surface area contributed by atoms with Crippen LogP contribution in [0.1, 0.15) is 31.9 Å². The average Bonchev–Trinajstić information content (AvgIpc) is 2.57. The van der Waals surface area contributed by atoms with Crippen molar-refractivity contribution in [2.24, 2.45) is 5.92 Å². The van der Waals surface area contributed by atoms with Gasteiger partial charge in [0.15, 0.2) is 5.22 Å². The maximum Gasteiger partial charge on any atom is 0.193 e. The summed E-state index contributed by atoms with van der Waals surface area (Å²) >= 11 is 5.64. The van der Waals surface area contributed by atoms with Gasteiger partial charge >= 0.3 is 0 Å². The summed E-state index contributed by atoms with van der Waals surface area (Å²) in [4.78, 5) is 0. The van der Waals surface area contributed by atoms with Crippen LogP contribution in [0, 0.1) is 5.92 Å². The summed E-state index contributed by atoms with van der Waals surface area (Å²) in [5.74, 6) is 0.982. The number of hydrogen-bond acceptors (Lipinski definition) is 2. The lowest BCUT2D eigenvalue weighted by molar-refractivity contribution is 0.103. The molecule has 0 bridgehead atoms. The van der Waals surface area contributed by atoms with Gasteiger partial charge in [0.1, 0.15) is 11.4 Å². The first-order valence-electron chi connectivity index (χ1n) is 4.65. The molecule has 1 N–H and O–H groups in total. The van der Waals surface area contributed by atoms with Crippen LogP contribution < -0.4 is 0 Å². The summed E-state index contributed by atoms with van der Waals surface area (Å²) in [6.45, 7) is 2.12. The highest BCUT2D eigenvalue weighted by atomic mass is 35.5. The summed E-state index contributed by atoms with van der Waals surface area (Å²) in [5, 5.41) is 10.4. The first-order valence-corrected chi connectivity index (χ1v) is 5.03. The first-order chi connectivity index (χ1) is 6.16. The zero-order chi connectivity index (χ0) is 9.47. The highest BCUT2D eigenvalue weighted by molar-refractivity contribution is 6.28. The summed E-state index contributed by atoms with van der Waals surface area (Å²) in [5.41, 5.74) is -0.719. The molecule has 0 aromatic carbocycles. The smallest absolute Gasteiger partial charge is 0.193 e. The van der Waals surface area contributed by atoms with Crippen LogP contribution in [0.4, 0.5) is 0 Å². The van der Waals surface area contributed by atoms with Gasteiger partial charge in [0, 0.05) is 0 Å². The Morgan fingerprint density at radius 2 is 2.46 bits per heavy atom. The van der Waals surface area contributed by atoms with Crippen molar-refractivity contribution in [3.8, 4) is 0 Å². The van der Waals surface area contributed by atoms with Crippen molar-refractivity contribution in [1.82, 2.24) is 0 Å². The second-order valence-corrected chi connectivity index (χ2v) is 4.09. The van der Waals surface area contributed by atoms with Crippen LogP contribution in [0.2, 0.25) is 5.22 Å². The van der Waals surface area contributed by atoms with Gasteiger partial charge in [-0.05, 0) is 42.5 Å². The highest BCUT2D eigenvalue weighted by Crippen LogP contribution is 2.54. The molecule has 1 heterocycles. The number of hydrogen-bond donors (Lipinski definition) is 1. The summed E-state index contributed by atoms with van der Waals surface area (Å²) in [7, 11) is 0. The van der Waals surface area contributed by atoms with Crippen molar-refractivity contribution >= 4 is 11.6 Å². The van der Waals surface area contributed by atoms with Crippen LogP contribution in [-0.2, 0) is 5.60 Å². The molecule has 0 radical (unpaired) electrons. The molecule has 1 aromatic rings. The molecule has 1 saturated carbocycles. The maximum absolute atomic E-state index is 10.1. The summed E-state index contributed by atoms with van der Waals surface area (Å²) in [6, 6.07) is 3.44. The monoisotopic (exact) mass is 200 g/mol. The second kappa shape index (κ2) is 3.03. The molecule has 1 aliphatic rings. The van der Waals surface area contributed by atoms with E-state index in [1.807, 2.05) is 0 Å².